The molecule has 332 valence electrons. The lowest BCUT2D eigenvalue weighted by Crippen LogP contribution is -1.90. The van der Waals surface area contributed by atoms with Crippen LogP contribution < -0.4 is 0 Å². The minimum Gasteiger partial charge on any atom is -0.0616 e. The van der Waals surface area contributed by atoms with E-state index in [1.54, 1.807) is 0 Å². The van der Waals surface area contributed by atoms with Gasteiger partial charge in [-0.15, -0.1) is 0 Å². The Morgan fingerprint density at radius 1 is 0.139 bits per heavy atom. The zero-order valence-corrected chi connectivity index (χ0v) is 39.4. The van der Waals surface area contributed by atoms with Gasteiger partial charge in [0.1, 0.15) is 0 Å². The Balaban J connectivity index is 0.798. The second-order valence-corrected chi connectivity index (χ2v) is 19.5. The van der Waals surface area contributed by atoms with Gasteiger partial charge in [0.15, 0.2) is 0 Å². The summed E-state index contributed by atoms with van der Waals surface area (Å²) in [5, 5.41) is 23.0. The average molecular weight is 909 g/mol. The topological polar surface area (TPSA) is 0 Å². The number of hydrogen-bond donors (Lipinski definition) is 0. The molecular weight excluding hydrogens is 865 g/mol. The van der Waals surface area contributed by atoms with Crippen LogP contribution in [0.1, 0.15) is 0 Å². The fourth-order valence-electron chi connectivity index (χ4n) is 12.2. The summed E-state index contributed by atoms with van der Waals surface area (Å²) in [4.78, 5) is 0. The third kappa shape index (κ3) is 6.33. The van der Waals surface area contributed by atoms with Crippen molar-refractivity contribution in [2.24, 2.45) is 0 Å². The molecule has 0 unspecified atom stereocenters. The van der Waals surface area contributed by atoms with E-state index in [1.165, 1.54) is 153 Å². The standard InChI is InChI=1S/C72H44/c1-5-17-55-47(13-1)37-39-63-65(41-53-15-3-7-19-57(53)71(55)63)49-29-25-45(26-30-49)46-27-31-51(32-28-46)67-43-69-62-24-12-10-22-60(62)68(44-70(69)61-23-11-9-21-59(61)67)52-35-33-50(34-36-52)66-42-54-16-4-8-20-58(54)72-56-18-6-2-14-48(56)38-40-64(66)72/h1-44H. The molecule has 15 aromatic rings. The third-order valence-corrected chi connectivity index (χ3v) is 15.6. The van der Waals surface area contributed by atoms with E-state index in [9.17, 15) is 0 Å². The van der Waals surface area contributed by atoms with Crippen molar-refractivity contribution in [3.8, 4) is 55.6 Å². The van der Waals surface area contributed by atoms with Crippen LogP contribution in [0.2, 0.25) is 0 Å². The zero-order chi connectivity index (χ0) is 47.3. The van der Waals surface area contributed by atoms with Crippen LogP contribution in [-0.2, 0) is 0 Å². The fourth-order valence-corrected chi connectivity index (χ4v) is 12.2. The Hall–Kier alpha value is -9.36. The predicted octanol–water partition coefficient (Wildman–Crippen LogP) is 20.4. The number of hydrogen-bond acceptors (Lipinski definition) is 0. The van der Waals surface area contributed by atoms with E-state index >= 15 is 0 Å². The average Bonchev–Trinajstić information content (AvgIpc) is 3.46. The van der Waals surface area contributed by atoms with E-state index in [0.29, 0.717) is 0 Å². The Labute approximate surface area is 417 Å². The van der Waals surface area contributed by atoms with Gasteiger partial charge in [0.25, 0.3) is 0 Å². The van der Waals surface area contributed by atoms with Crippen LogP contribution >= 0.6 is 0 Å². The van der Waals surface area contributed by atoms with Crippen LogP contribution in [0.5, 0.6) is 0 Å². The summed E-state index contributed by atoms with van der Waals surface area (Å²) in [5.41, 5.74) is 12.3. The van der Waals surface area contributed by atoms with Gasteiger partial charge in [-0.1, -0.05) is 243 Å². The molecule has 0 saturated heterocycles. The van der Waals surface area contributed by atoms with Crippen LogP contribution in [0, 0.1) is 0 Å². The summed E-state index contributed by atoms with van der Waals surface area (Å²) >= 11 is 0. The van der Waals surface area contributed by atoms with Gasteiger partial charge < -0.3 is 0 Å². The largest absolute Gasteiger partial charge is 0.0616 e. The molecule has 0 amide bonds. The summed E-state index contributed by atoms with van der Waals surface area (Å²) in [5.74, 6) is 0. The molecule has 0 saturated carbocycles. The second-order valence-electron chi connectivity index (χ2n) is 19.5. The van der Waals surface area contributed by atoms with Crippen LogP contribution in [0.15, 0.2) is 267 Å². The predicted molar refractivity (Wildman–Crippen MR) is 311 cm³/mol. The molecule has 0 nitrogen and oxygen atoms in total. The monoisotopic (exact) mass is 908 g/mol. The maximum Gasteiger partial charge on any atom is -0.00206 e. The molecule has 72 heavy (non-hydrogen) atoms. The summed E-state index contributed by atoms with van der Waals surface area (Å²) < 4.78 is 0. The SMILES string of the molecule is c1ccc2c(c1)ccc1c(-c3ccc(-c4ccc(-c5cc6c7ccccc7c(-c7ccc(-c8cc9ccccc9c9c8ccc8ccccc89)cc7)cc6c6ccccc56)cc4)cc3)cc3ccccc3c12. The molecule has 0 heteroatoms. The molecule has 15 rings (SSSR count). The fraction of sp³-hybridized carbons (Fsp3) is 0. The minimum atomic E-state index is 1.20. The van der Waals surface area contributed by atoms with Crippen LogP contribution in [0.4, 0.5) is 0 Å². The van der Waals surface area contributed by atoms with Crippen molar-refractivity contribution in [1.29, 1.82) is 0 Å². The Bertz CT molecular complexity index is 4660. The number of rotatable bonds is 5. The lowest BCUT2D eigenvalue weighted by atomic mass is 9.87. The first-order valence-corrected chi connectivity index (χ1v) is 25.1. The lowest BCUT2D eigenvalue weighted by molar-refractivity contribution is 1.60. The van der Waals surface area contributed by atoms with Gasteiger partial charge in [-0.05, 0) is 177 Å². The highest BCUT2D eigenvalue weighted by Crippen LogP contribution is 2.45. The second kappa shape index (κ2) is 16.1. The van der Waals surface area contributed by atoms with Gasteiger partial charge in [0.05, 0.1) is 0 Å². The van der Waals surface area contributed by atoms with Crippen molar-refractivity contribution in [2.45, 2.75) is 0 Å². The van der Waals surface area contributed by atoms with Gasteiger partial charge in [0, 0.05) is 0 Å². The minimum absolute atomic E-state index is 1.20. The molecule has 0 radical (unpaired) electrons. The quantitative estimate of drug-likeness (QED) is 0.151. The summed E-state index contributed by atoms with van der Waals surface area (Å²) in [7, 11) is 0. The molecule has 0 aromatic heterocycles. The van der Waals surface area contributed by atoms with Gasteiger partial charge in [-0.25, -0.2) is 0 Å². The van der Waals surface area contributed by atoms with E-state index in [4.69, 9.17) is 0 Å². The molecule has 0 heterocycles. The van der Waals surface area contributed by atoms with Crippen molar-refractivity contribution in [3.63, 3.8) is 0 Å². The third-order valence-electron chi connectivity index (χ3n) is 15.6. The van der Waals surface area contributed by atoms with Gasteiger partial charge in [-0.3, -0.25) is 0 Å². The highest BCUT2D eigenvalue weighted by Gasteiger charge is 2.17. The Morgan fingerprint density at radius 3 is 0.764 bits per heavy atom. The Kier molecular flexibility index (Phi) is 9.06. The number of fused-ring (bicyclic) bond motifs is 15. The van der Waals surface area contributed by atoms with Crippen molar-refractivity contribution in [3.05, 3.63) is 267 Å². The molecule has 0 spiro atoms. The molecule has 0 atom stereocenters. The number of benzene rings is 15. The molecule has 0 N–H and O–H groups in total. The first-order chi connectivity index (χ1) is 35.7. The lowest BCUT2D eigenvalue weighted by Gasteiger charge is -2.17. The zero-order valence-electron chi connectivity index (χ0n) is 39.4. The normalized spacial score (nSPS) is 11.9. The highest BCUT2D eigenvalue weighted by atomic mass is 14.2. The molecule has 15 aromatic carbocycles. The molecule has 0 aliphatic carbocycles. The molecule has 0 aliphatic heterocycles. The van der Waals surface area contributed by atoms with E-state index in [-0.39, 0.29) is 0 Å². The van der Waals surface area contributed by atoms with E-state index in [0.717, 1.165) is 0 Å². The maximum absolute atomic E-state index is 2.44. The van der Waals surface area contributed by atoms with Gasteiger partial charge in [0.2, 0.25) is 0 Å². The van der Waals surface area contributed by atoms with Crippen molar-refractivity contribution < 1.29 is 0 Å². The first kappa shape index (κ1) is 40.5. The summed E-state index contributed by atoms with van der Waals surface area (Å²) in [6.45, 7) is 0. The Morgan fingerprint density at radius 2 is 0.403 bits per heavy atom. The van der Waals surface area contributed by atoms with E-state index in [1.807, 2.05) is 0 Å². The maximum atomic E-state index is 2.44. The van der Waals surface area contributed by atoms with Crippen molar-refractivity contribution >= 4 is 97.0 Å². The van der Waals surface area contributed by atoms with Crippen molar-refractivity contribution in [2.75, 3.05) is 0 Å². The van der Waals surface area contributed by atoms with Crippen LogP contribution in [-0.4, -0.2) is 0 Å². The molecule has 0 fully saturated rings. The molecular formula is C72H44. The van der Waals surface area contributed by atoms with Crippen molar-refractivity contribution in [1.82, 2.24) is 0 Å². The smallest absolute Gasteiger partial charge is 0.00206 e. The molecule has 0 aliphatic rings. The first-order valence-electron chi connectivity index (χ1n) is 25.1. The highest BCUT2D eigenvalue weighted by molar-refractivity contribution is 6.26. The van der Waals surface area contributed by atoms with E-state index < -0.39 is 0 Å². The van der Waals surface area contributed by atoms with E-state index in [2.05, 4.69) is 267 Å². The molecule has 0 bridgehead atoms. The summed E-state index contributed by atoms with van der Waals surface area (Å²) in [6.07, 6.45) is 0. The van der Waals surface area contributed by atoms with Crippen LogP contribution in [0.3, 0.4) is 0 Å². The van der Waals surface area contributed by atoms with Gasteiger partial charge >= 0.3 is 0 Å². The van der Waals surface area contributed by atoms with Crippen LogP contribution in [0.25, 0.3) is 153 Å². The summed E-state index contributed by atoms with van der Waals surface area (Å²) in [6, 6.07) is 99.4. The van der Waals surface area contributed by atoms with Gasteiger partial charge in [-0.2, -0.15) is 0 Å².